The average Bonchev–Trinajstić information content (AvgIpc) is 2.73. The van der Waals surface area contributed by atoms with Crippen LogP contribution in [0.4, 0.5) is 11.4 Å². The van der Waals surface area contributed by atoms with Crippen LogP contribution in [0.3, 0.4) is 0 Å². The van der Waals surface area contributed by atoms with E-state index in [1.165, 1.54) is 0 Å². The van der Waals surface area contributed by atoms with Gasteiger partial charge in [-0.1, -0.05) is 55.4 Å². The highest BCUT2D eigenvalue weighted by atomic mass is 32.2. The highest BCUT2D eigenvalue weighted by Crippen LogP contribution is 2.51. The van der Waals surface area contributed by atoms with Gasteiger partial charge in [-0.25, -0.2) is 0 Å². The van der Waals surface area contributed by atoms with Crippen LogP contribution in [0, 0.1) is 0 Å². The fraction of sp³-hybridized carbons (Fsp3) is 0.261. The third kappa shape index (κ3) is 4.38. The first-order valence-corrected chi connectivity index (χ1v) is 12.4. The predicted octanol–water partition coefficient (Wildman–Crippen LogP) is 5.66. The Bertz CT molecular complexity index is 1100. The predicted molar refractivity (Wildman–Crippen MR) is 121 cm³/mol. The summed E-state index contributed by atoms with van der Waals surface area (Å²) in [6.45, 7) is 2.12. The lowest BCUT2D eigenvalue weighted by molar-refractivity contribution is 0.476. The fourth-order valence-corrected chi connectivity index (χ4v) is 5.54. The van der Waals surface area contributed by atoms with Crippen LogP contribution in [0.15, 0.2) is 76.7 Å². The highest BCUT2D eigenvalue weighted by molar-refractivity contribution is 7.99. The Morgan fingerprint density at radius 2 is 1.63 bits per heavy atom. The second-order valence-electron chi connectivity index (χ2n) is 7.30. The molecule has 1 aromatic heterocycles. The molecular weight excluding hydrogens is 416 g/mol. The summed E-state index contributed by atoms with van der Waals surface area (Å²) >= 11 is 1.71. The SMILES string of the molecule is CCCc1cccnc1C(CCS(=O)(=O)O)N1c2ccccc2Sc2ccccc21. The largest absolute Gasteiger partial charge is 0.330 e. The molecule has 0 amide bonds. The van der Waals surface area contributed by atoms with Crippen molar-refractivity contribution < 1.29 is 13.0 Å². The standard InChI is InChI=1S/C23H24N2O3S2/c1-2-8-17-9-7-15-24-23(17)20(14-16-30(26,27)28)25-18-10-3-5-12-21(18)29-22-13-6-4-11-19(22)25/h3-7,9-13,15,20H,2,8,14,16H2,1H3,(H,26,27,28). The van der Waals surface area contributed by atoms with Gasteiger partial charge in [-0.2, -0.15) is 8.42 Å². The minimum Gasteiger partial charge on any atom is -0.330 e. The van der Waals surface area contributed by atoms with E-state index in [0.717, 1.165) is 45.3 Å². The first-order valence-electron chi connectivity index (χ1n) is 10.0. The van der Waals surface area contributed by atoms with E-state index < -0.39 is 10.1 Å². The molecule has 0 radical (unpaired) electrons. The van der Waals surface area contributed by atoms with Gasteiger partial charge in [0.1, 0.15) is 0 Å². The van der Waals surface area contributed by atoms with E-state index in [4.69, 9.17) is 4.98 Å². The molecule has 4 rings (SSSR count). The Morgan fingerprint density at radius 3 is 2.23 bits per heavy atom. The number of aromatic nitrogens is 1. The zero-order chi connectivity index (χ0) is 21.1. The molecule has 1 N–H and O–H groups in total. The van der Waals surface area contributed by atoms with Crippen LogP contribution in [0.2, 0.25) is 0 Å². The molecule has 2 heterocycles. The first kappa shape index (κ1) is 20.9. The summed E-state index contributed by atoms with van der Waals surface area (Å²) in [5.74, 6) is -0.326. The molecule has 0 saturated carbocycles. The normalized spacial score (nSPS) is 14.1. The molecule has 0 spiro atoms. The molecule has 1 atom stereocenters. The Morgan fingerprint density at radius 1 is 1.00 bits per heavy atom. The van der Waals surface area contributed by atoms with Crippen molar-refractivity contribution in [1.29, 1.82) is 0 Å². The summed E-state index contributed by atoms with van der Waals surface area (Å²) in [4.78, 5) is 9.11. The summed E-state index contributed by atoms with van der Waals surface area (Å²) < 4.78 is 32.8. The maximum absolute atomic E-state index is 11.7. The van der Waals surface area contributed by atoms with Crippen LogP contribution in [-0.2, 0) is 16.5 Å². The van der Waals surface area contributed by atoms with Crippen LogP contribution in [0.5, 0.6) is 0 Å². The number of rotatable bonds is 7. The number of aryl methyl sites for hydroxylation is 1. The molecule has 1 unspecified atom stereocenters. The third-order valence-corrected chi connectivity index (χ3v) is 7.07. The van der Waals surface area contributed by atoms with Crippen LogP contribution in [0.1, 0.15) is 37.1 Å². The van der Waals surface area contributed by atoms with Crippen molar-refractivity contribution in [2.45, 2.75) is 42.0 Å². The Hall–Kier alpha value is -2.35. The maximum Gasteiger partial charge on any atom is 0.264 e. The number of para-hydroxylation sites is 2. The molecule has 3 aromatic rings. The van der Waals surface area contributed by atoms with E-state index in [-0.39, 0.29) is 18.2 Å². The topological polar surface area (TPSA) is 70.5 Å². The average molecular weight is 441 g/mol. The summed E-state index contributed by atoms with van der Waals surface area (Å²) in [7, 11) is -4.11. The van der Waals surface area contributed by atoms with Gasteiger partial charge < -0.3 is 4.90 Å². The number of anilines is 2. The Labute approximate surface area is 181 Å². The van der Waals surface area contributed by atoms with E-state index in [9.17, 15) is 13.0 Å². The number of pyridine rings is 1. The molecule has 0 fully saturated rings. The van der Waals surface area contributed by atoms with Gasteiger partial charge in [0.05, 0.1) is 28.9 Å². The van der Waals surface area contributed by atoms with Crippen molar-refractivity contribution in [1.82, 2.24) is 4.98 Å². The van der Waals surface area contributed by atoms with E-state index in [2.05, 4.69) is 42.2 Å². The molecule has 0 saturated heterocycles. The van der Waals surface area contributed by atoms with Crippen molar-refractivity contribution in [3.05, 3.63) is 78.1 Å². The molecule has 2 aromatic carbocycles. The first-order chi connectivity index (χ1) is 14.5. The van der Waals surface area contributed by atoms with Gasteiger partial charge in [0, 0.05) is 16.0 Å². The number of hydrogen-bond acceptors (Lipinski definition) is 5. The second kappa shape index (κ2) is 8.79. The van der Waals surface area contributed by atoms with Crippen molar-refractivity contribution >= 4 is 33.3 Å². The van der Waals surface area contributed by atoms with Gasteiger partial charge >= 0.3 is 0 Å². The molecule has 7 heteroatoms. The minimum atomic E-state index is -4.11. The lowest BCUT2D eigenvalue weighted by Crippen LogP contribution is -2.29. The van der Waals surface area contributed by atoms with Crippen molar-refractivity contribution in [2.24, 2.45) is 0 Å². The van der Waals surface area contributed by atoms with E-state index in [1.807, 2.05) is 30.3 Å². The van der Waals surface area contributed by atoms with E-state index in [1.54, 1.807) is 18.0 Å². The fourth-order valence-electron chi connectivity index (χ4n) is 3.95. The van der Waals surface area contributed by atoms with Crippen molar-refractivity contribution in [3.8, 4) is 0 Å². The van der Waals surface area contributed by atoms with Gasteiger partial charge in [-0.3, -0.25) is 9.54 Å². The van der Waals surface area contributed by atoms with Crippen LogP contribution in [-0.4, -0.2) is 23.7 Å². The van der Waals surface area contributed by atoms with Crippen molar-refractivity contribution in [2.75, 3.05) is 10.7 Å². The van der Waals surface area contributed by atoms with Crippen molar-refractivity contribution in [3.63, 3.8) is 0 Å². The minimum absolute atomic E-state index is 0.236. The zero-order valence-electron chi connectivity index (χ0n) is 16.7. The summed E-state index contributed by atoms with van der Waals surface area (Å²) in [5.41, 5.74) is 4.01. The van der Waals surface area contributed by atoms with Gasteiger partial charge in [-0.15, -0.1) is 0 Å². The number of nitrogens with zero attached hydrogens (tertiary/aromatic N) is 2. The summed E-state index contributed by atoms with van der Waals surface area (Å²) in [6, 6.07) is 19.9. The van der Waals surface area contributed by atoms with Gasteiger partial charge in [0.15, 0.2) is 0 Å². The molecule has 5 nitrogen and oxygen atoms in total. The molecule has 156 valence electrons. The lowest BCUT2D eigenvalue weighted by Gasteiger charge is -2.39. The van der Waals surface area contributed by atoms with Crippen LogP contribution in [0.25, 0.3) is 0 Å². The summed E-state index contributed by atoms with van der Waals surface area (Å²) in [6.07, 6.45) is 3.81. The molecular formula is C23H24N2O3S2. The highest BCUT2D eigenvalue weighted by Gasteiger charge is 2.32. The molecule has 0 bridgehead atoms. The number of hydrogen-bond donors (Lipinski definition) is 1. The van der Waals surface area contributed by atoms with Crippen LogP contribution >= 0.6 is 11.8 Å². The zero-order valence-corrected chi connectivity index (χ0v) is 18.4. The lowest BCUT2D eigenvalue weighted by atomic mass is 9.98. The Kier molecular flexibility index (Phi) is 6.13. The molecule has 1 aliphatic heterocycles. The monoisotopic (exact) mass is 440 g/mol. The maximum atomic E-state index is 11.7. The number of benzene rings is 2. The smallest absolute Gasteiger partial charge is 0.264 e. The third-order valence-electron chi connectivity index (χ3n) is 5.19. The van der Waals surface area contributed by atoms with Gasteiger partial charge in [0.25, 0.3) is 10.1 Å². The molecule has 30 heavy (non-hydrogen) atoms. The molecule has 1 aliphatic rings. The van der Waals surface area contributed by atoms with E-state index >= 15 is 0 Å². The number of fused-ring (bicyclic) bond motifs is 2. The molecule has 0 aliphatic carbocycles. The second-order valence-corrected chi connectivity index (χ2v) is 9.95. The Balaban J connectivity index is 1.90. The van der Waals surface area contributed by atoms with Crippen LogP contribution < -0.4 is 4.90 Å². The summed E-state index contributed by atoms with van der Waals surface area (Å²) in [5, 5.41) is 0. The van der Waals surface area contributed by atoms with Gasteiger partial charge in [0.2, 0.25) is 0 Å². The van der Waals surface area contributed by atoms with Gasteiger partial charge in [-0.05, 0) is 48.7 Å². The van der Waals surface area contributed by atoms with E-state index in [0.29, 0.717) is 0 Å². The quantitative estimate of drug-likeness (QED) is 0.478.